The second-order valence-electron chi connectivity index (χ2n) is 26.4. The zero-order valence-electron chi connectivity index (χ0n) is 67.4. The number of imide groups is 1. The zero-order valence-corrected chi connectivity index (χ0v) is 69.0. The fourth-order valence-electron chi connectivity index (χ4n) is 10.4. The quantitative estimate of drug-likeness (QED) is 0.0136. The van der Waals surface area contributed by atoms with Crippen molar-refractivity contribution in [2.24, 2.45) is 5.92 Å². The Bertz CT molecular complexity index is 4140. The van der Waals surface area contributed by atoms with Gasteiger partial charge in [0.1, 0.15) is 18.7 Å². The van der Waals surface area contributed by atoms with Gasteiger partial charge in [-0.2, -0.15) is 0 Å². The van der Waals surface area contributed by atoms with Crippen LogP contribution < -0.4 is 36.2 Å². The maximum atomic E-state index is 15.2. The maximum absolute atomic E-state index is 15.2. The van der Waals surface area contributed by atoms with Crippen LogP contribution >= 0.6 is 22.7 Å². The number of carboxylic acids is 1. The molecule has 0 radical (unpaired) electrons. The lowest BCUT2D eigenvalue weighted by atomic mass is 10.0. The first-order chi connectivity index (χ1) is 57.2. The number of halogens is 1. The van der Waals surface area contributed by atoms with E-state index in [1.165, 1.54) is 65.8 Å². The van der Waals surface area contributed by atoms with E-state index in [1.807, 2.05) is 37.3 Å². The first-order valence-electron chi connectivity index (χ1n) is 38.7. The normalized spacial score (nSPS) is 12.4. The van der Waals surface area contributed by atoms with Gasteiger partial charge in [0.25, 0.3) is 11.8 Å². The molecule has 38 heteroatoms. The monoisotopic (exact) mass is 1690 g/mol. The second kappa shape index (κ2) is 55.0. The van der Waals surface area contributed by atoms with Crippen LogP contribution in [0.25, 0.3) is 10.2 Å². The van der Waals surface area contributed by atoms with Gasteiger partial charge in [-0.1, -0.05) is 61.3 Å². The lowest BCUT2D eigenvalue weighted by molar-refractivity contribution is -0.137. The molecule has 0 bridgehead atoms. The van der Waals surface area contributed by atoms with E-state index in [1.54, 1.807) is 56.1 Å². The van der Waals surface area contributed by atoms with Crippen molar-refractivity contribution in [2.75, 3.05) is 214 Å². The number of carbonyl (C=O) groups excluding carboxylic acids is 7. The van der Waals surface area contributed by atoms with Gasteiger partial charge in [-0.05, 0) is 92.3 Å². The van der Waals surface area contributed by atoms with E-state index in [0.717, 1.165) is 20.7 Å². The summed E-state index contributed by atoms with van der Waals surface area (Å²) in [6, 6.07) is 18.6. The van der Waals surface area contributed by atoms with Gasteiger partial charge in [-0.15, -0.1) is 21.5 Å². The van der Waals surface area contributed by atoms with Gasteiger partial charge in [0.15, 0.2) is 39.2 Å². The van der Waals surface area contributed by atoms with Crippen molar-refractivity contribution in [2.45, 2.75) is 72.1 Å². The molecule has 6 aromatic rings. The Kier molecular flexibility index (Phi) is 44.4. The standard InChI is InChI=1S/C80H107FN12O23S2/c1-56(2)72(86-69(95)24-29-103-31-33-105-35-37-107-39-41-109-43-45-111-47-49-113-51-52-114-50-48-112-46-44-110-42-40-108-38-36-106-34-32-104-30-25-82-68(94)23-27-93-70(96)21-22-71(93)97)76(99)83-58(4)75(98)84-61-18-15-60(16-19-61)55-116-80(102)91(5)26-9-11-59-17-20-64(62(81)54-59)115-28-10-14-66-73(77(100)101)87-79(118-66)92(6)67-53-57(3)74(90-89-67)88-78-85-63-12-7-8-13-65(63)117-78/h7-8,12-13,15-22,53-54,56,58,72H,10,14,23-52,55H2,1-6H3,(H,82,94)(H,83,99)(H,84,98)(H,86,95)(H,100,101)(H,85,88,90)/t58-,72-/m0/s1. The average molecular weight is 1690 g/mol. The molecule has 35 nitrogen and oxygen atoms in total. The molecule has 0 spiro atoms. The fourth-order valence-corrected chi connectivity index (χ4v) is 12.3. The van der Waals surface area contributed by atoms with Gasteiger partial charge in [-0.25, -0.2) is 23.9 Å². The van der Waals surface area contributed by atoms with Gasteiger partial charge in [0.2, 0.25) is 23.6 Å². The summed E-state index contributed by atoms with van der Waals surface area (Å²) in [7, 11) is 3.23. The van der Waals surface area contributed by atoms with Crippen LogP contribution in [0.5, 0.6) is 5.75 Å². The molecule has 1 aliphatic rings. The summed E-state index contributed by atoms with van der Waals surface area (Å²) in [5.41, 5.74) is 2.97. The highest BCUT2D eigenvalue weighted by Gasteiger charge is 2.28. The topological polar surface area (TPSA) is 407 Å². The number of hydrogen-bond donors (Lipinski definition) is 6. The minimum atomic E-state index is -1.18. The number of nitrogens with zero attached hydrogens (tertiary/aromatic N) is 7. The Morgan fingerprint density at radius 1 is 0.610 bits per heavy atom. The number of thiazole rings is 2. The lowest BCUT2D eigenvalue weighted by Gasteiger charge is -2.24. The maximum Gasteiger partial charge on any atom is 0.410 e. The molecule has 0 unspecified atom stereocenters. The smallest absolute Gasteiger partial charge is 0.410 e. The third-order valence-corrected chi connectivity index (χ3v) is 19.0. The summed E-state index contributed by atoms with van der Waals surface area (Å²) in [5.74, 6) is 2.01. The number of rotatable bonds is 61. The number of aryl methyl sites for hydroxylation is 2. The average Bonchev–Trinajstić information content (AvgIpc) is 1.64. The summed E-state index contributed by atoms with van der Waals surface area (Å²) in [6.45, 7) is 16.4. The van der Waals surface area contributed by atoms with E-state index in [4.69, 9.17) is 66.3 Å². The Morgan fingerprint density at radius 2 is 1.16 bits per heavy atom. The molecular formula is C80H107FN12O23S2. The van der Waals surface area contributed by atoms with Crippen molar-refractivity contribution < 1.29 is 114 Å². The van der Waals surface area contributed by atoms with Crippen molar-refractivity contribution in [3.8, 4) is 17.6 Å². The number of benzene rings is 3. The molecular weight excluding hydrogens is 1580 g/mol. The SMILES string of the molecule is Cc1cc(N(C)c2nc(C(=O)O)c(CCCOc3ccc(C#CCN(C)C(=O)OCc4ccc(NC(=O)[C@H](C)NC(=O)[C@@H](NC(=O)CCOCCOCCOCCOCCOCCOCCOCCOCCOCCOCCOCCOCCNC(=O)CCN5C(=O)C=CC5=O)C(C)C)cc4)cc3F)s2)nnc1Nc1nc2ccccc2s1. The van der Waals surface area contributed by atoms with Crippen molar-refractivity contribution >= 4 is 108 Å². The number of anilines is 5. The van der Waals surface area contributed by atoms with Crippen LogP contribution in [0.2, 0.25) is 0 Å². The molecule has 7 amide bonds. The van der Waals surface area contributed by atoms with Crippen LogP contribution in [0.4, 0.5) is 36.8 Å². The van der Waals surface area contributed by atoms with Crippen molar-refractivity contribution in [1.29, 1.82) is 0 Å². The highest BCUT2D eigenvalue weighted by atomic mass is 32.1. The summed E-state index contributed by atoms with van der Waals surface area (Å²) < 4.78 is 93.5. The van der Waals surface area contributed by atoms with Crippen LogP contribution in [0, 0.1) is 30.5 Å². The van der Waals surface area contributed by atoms with Gasteiger partial charge in [0.05, 0.1) is 182 Å². The van der Waals surface area contributed by atoms with Gasteiger partial charge >= 0.3 is 12.1 Å². The Balaban J connectivity index is 0.607. The largest absolute Gasteiger partial charge is 0.491 e. The molecule has 0 fully saturated rings. The van der Waals surface area contributed by atoms with E-state index < -0.39 is 59.5 Å². The number of aromatic nitrogens is 4. The van der Waals surface area contributed by atoms with E-state index in [-0.39, 0.29) is 82.2 Å². The molecule has 6 N–H and O–H groups in total. The Morgan fingerprint density at radius 3 is 1.69 bits per heavy atom. The summed E-state index contributed by atoms with van der Waals surface area (Å²) in [4.78, 5) is 113. The van der Waals surface area contributed by atoms with Crippen LogP contribution in [0.3, 0.4) is 0 Å². The third kappa shape index (κ3) is 36.6. The minimum absolute atomic E-state index is 0.00125. The Hall–Kier alpha value is -9.83. The molecule has 7 rings (SSSR count). The zero-order chi connectivity index (χ0) is 84.5. The number of aromatic carboxylic acids is 1. The number of nitrogens with one attached hydrogen (secondary N) is 5. The van der Waals surface area contributed by atoms with Gasteiger partial charge in [-0.3, -0.25) is 33.7 Å². The second-order valence-corrected chi connectivity index (χ2v) is 28.4. The van der Waals surface area contributed by atoms with E-state index in [2.05, 4.69) is 58.6 Å². The van der Waals surface area contributed by atoms with E-state index >= 15 is 4.39 Å². The van der Waals surface area contributed by atoms with Gasteiger partial charge < -0.3 is 108 Å². The molecule has 0 saturated heterocycles. The minimum Gasteiger partial charge on any atom is -0.491 e. The molecule has 4 heterocycles. The predicted molar refractivity (Wildman–Crippen MR) is 434 cm³/mol. The number of hydrogen-bond acceptors (Lipinski definition) is 30. The third-order valence-electron chi connectivity index (χ3n) is 16.8. The first-order valence-corrected chi connectivity index (χ1v) is 40.3. The van der Waals surface area contributed by atoms with Crippen molar-refractivity contribution in [3.05, 3.63) is 118 Å². The van der Waals surface area contributed by atoms with Crippen molar-refractivity contribution in [3.63, 3.8) is 0 Å². The highest BCUT2D eigenvalue weighted by molar-refractivity contribution is 7.22. The predicted octanol–water partition coefficient (Wildman–Crippen LogP) is 6.44. The van der Waals surface area contributed by atoms with E-state index in [9.17, 15) is 43.5 Å². The summed E-state index contributed by atoms with van der Waals surface area (Å²) >= 11 is 2.70. The Labute approximate surface area is 692 Å². The lowest BCUT2D eigenvalue weighted by Crippen LogP contribution is -2.53. The molecule has 0 aliphatic carbocycles. The summed E-state index contributed by atoms with van der Waals surface area (Å²) in [6.07, 6.45) is 2.41. The van der Waals surface area contributed by atoms with Crippen molar-refractivity contribution in [1.82, 2.24) is 45.9 Å². The molecule has 1 aliphatic heterocycles. The molecule has 2 atom stereocenters. The number of fused-ring (bicyclic) bond motifs is 1. The van der Waals surface area contributed by atoms with Gasteiger partial charge in [0, 0.05) is 68.3 Å². The number of para-hydroxylation sites is 1. The number of carbonyl (C=O) groups is 8. The van der Waals surface area contributed by atoms with Crippen LogP contribution in [-0.2, 0) is 103 Å². The van der Waals surface area contributed by atoms with Crippen LogP contribution in [-0.4, -0.2) is 294 Å². The molecule has 3 aromatic carbocycles. The highest BCUT2D eigenvalue weighted by Crippen LogP contribution is 2.33. The van der Waals surface area contributed by atoms with E-state index in [0.29, 0.717) is 202 Å². The number of ether oxygens (including phenoxy) is 14. The first kappa shape index (κ1) is 95.3. The van der Waals surface area contributed by atoms with Crippen LogP contribution in [0.1, 0.15) is 72.1 Å². The number of amides is 7. The molecule has 118 heavy (non-hydrogen) atoms. The van der Waals surface area contributed by atoms with Crippen LogP contribution in [0.15, 0.2) is 84.9 Å². The molecule has 644 valence electrons. The molecule has 0 saturated carbocycles. The number of carboxylic acid groups (broad SMARTS) is 1. The molecule has 3 aromatic heterocycles. The summed E-state index contributed by atoms with van der Waals surface area (Å²) in [5, 5.41) is 33.9. The fraction of sp³-hybridized carbons (Fsp3) is 0.525.